The largest absolute Gasteiger partial charge is 0.385 e. The molecule has 0 amide bonds. The number of rotatable bonds is 10. The molecule has 1 aliphatic carbocycles. The molecule has 1 atom stereocenters. The van der Waals surface area contributed by atoms with Crippen molar-refractivity contribution in [1.29, 1.82) is 0 Å². The number of guanidine groups is 1. The summed E-state index contributed by atoms with van der Waals surface area (Å²) in [7, 11) is 1.79. The van der Waals surface area contributed by atoms with E-state index in [-0.39, 0.29) is 24.0 Å². The van der Waals surface area contributed by atoms with Gasteiger partial charge in [0, 0.05) is 46.4 Å². The van der Waals surface area contributed by atoms with E-state index in [9.17, 15) is 0 Å². The SMILES string of the molecule is CCNC(=NCC1(CCOC)CCC1)NCC(c1cccc(C)c1)N1CCOCC1.I. The number of aliphatic imine (C=N–C) groups is 1. The molecule has 7 heteroatoms. The summed E-state index contributed by atoms with van der Waals surface area (Å²) >= 11 is 0. The van der Waals surface area contributed by atoms with Crippen molar-refractivity contribution in [2.24, 2.45) is 10.4 Å². The maximum atomic E-state index is 5.59. The Morgan fingerprint density at radius 2 is 2.03 bits per heavy atom. The molecule has 1 aromatic rings. The van der Waals surface area contributed by atoms with Gasteiger partial charge < -0.3 is 20.1 Å². The zero-order valence-corrected chi connectivity index (χ0v) is 21.8. The van der Waals surface area contributed by atoms with Gasteiger partial charge in [-0.1, -0.05) is 36.2 Å². The predicted octanol–water partition coefficient (Wildman–Crippen LogP) is 3.75. The molecule has 0 radical (unpaired) electrons. The third-order valence-electron chi connectivity index (χ3n) is 6.54. The van der Waals surface area contributed by atoms with Gasteiger partial charge in [-0.05, 0) is 44.1 Å². The van der Waals surface area contributed by atoms with Crippen molar-refractivity contribution < 1.29 is 9.47 Å². The van der Waals surface area contributed by atoms with Crippen LogP contribution in [0.15, 0.2) is 29.3 Å². The van der Waals surface area contributed by atoms with E-state index in [1.807, 2.05) is 0 Å². The van der Waals surface area contributed by atoms with Crippen LogP contribution in [0.2, 0.25) is 0 Å². The first-order valence-electron chi connectivity index (χ1n) is 11.6. The quantitative estimate of drug-likeness (QED) is 0.267. The summed E-state index contributed by atoms with van der Waals surface area (Å²) in [6, 6.07) is 9.18. The van der Waals surface area contributed by atoms with Gasteiger partial charge in [-0.3, -0.25) is 9.89 Å². The highest BCUT2D eigenvalue weighted by molar-refractivity contribution is 14.0. The van der Waals surface area contributed by atoms with Gasteiger partial charge in [0.2, 0.25) is 0 Å². The molecule has 0 spiro atoms. The summed E-state index contributed by atoms with van der Waals surface area (Å²) < 4.78 is 10.9. The van der Waals surface area contributed by atoms with Crippen LogP contribution in [0.25, 0.3) is 0 Å². The van der Waals surface area contributed by atoms with E-state index in [0.717, 1.165) is 64.9 Å². The number of hydrogen-bond donors (Lipinski definition) is 2. The average molecular weight is 545 g/mol. The number of nitrogens with zero attached hydrogens (tertiary/aromatic N) is 2. The first kappa shape index (κ1) is 26.4. The zero-order chi connectivity index (χ0) is 21.2. The van der Waals surface area contributed by atoms with E-state index < -0.39 is 0 Å². The van der Waals surface area contributed by atoms with Crippen molar-refractivity contribution in [3.63, 3.8) is 0 Å². The van der Waals surface area contributed by atoms with Crippen LogP contribution in [0.3, 0.4) is 0 Å². The van der Waals surface area contributed by atoms with Crippen molar-refractivity contribution in [3.8, 4) is 0 Å². The predicted molar refractivity (Wildman–Crippen MR) is 138 cm³/mol. The topological polar surface area (TPSA) is 58.1 Å². The number of methoxy groups -OCH3 is 1. The molecule has 1 aliphatic heterocycles. The summed E-state index contributed by atoms with van der Waals surface area (Å²) in [5.41, 5.74) is 2.99. The lowest BCUT2D eigenvalue weighted by Crippen LogP contribution is -2.46. The smallest absolute Gasteiger partial charge is 0.191 e. The normalized spacial score (nSPS) is 19.8. The lowest BCUT2D eigenvalue weighted by atomic mass is 9.67. The van der Waals surface area contributed by atoms with Gasteiger partial charge in [0.25, 0.3) is 0 Å². The fourth-order valence-corrected chi connectivity index (χ4v) is 4.49. The standard InChI is InChI=1S/C24H40N4O2.HI/c1-4-25-23(27-19-24(9-6-10-24)11-14-29-3)26-18-22(28-12-15-30-16-13-28)21-8-5-7-20(2)17-21;/h5,7-8,17,22H,4,6,9-16,18-19H2,1-3H3,(H2,25,26,27);1H. The number of halogens is 1. The van der Waals surface area contributed by atoms with Crippen LogP contribution in [0.1, 0.15) is 49.8 Å². The minimum Gasteiger partial charge on any atom is -0.385 e. The Labute approximate surface area is 205 Å². The van der Waals surface area contributed by atoms with Gasteiger partial charge in [-0.25, -0.2) is 0 Å². The van der Waals surface area contributed by atoms with Crippen LogP contribution in [0.5, 0.6) is 0 Å². The molecular weight excluding hydrogens is 503 g/mol. The Hall–Kier alpha value is -0.900. The Morgan fingerprint density at radius 3 is 2.65 bits per heavy atom. The fourth-order valence-electron chi connectivity index (χ4n) is 4.49. The molecule has 1 aromatic carbocycles. The minimum absolute atomic E-state index is 0. The van der Waals surface area contributed by atoms with Gasteiger partial charge >= 0.3 is 0 Å². The Balaban J connectivity index is 0.00000341. The second-order valence-corrected chi connectivity index (χ2v) is 8.75. The molecule has 176 valence electrons. The molecule has 31 heavy (non-hydrogen) atoms. The Kier molecular flexibility index (Phi) is 11.6. The number of aryl methyl sites for hydroxylation is 1. The summed E-state index contributed by atoms with van der Waals surface area (Å²) in [4.78, 5) is 7.51. The van der Waals surface area contributed by atoms with Crippen molar-refractivity contribution in [2.75, 3.05) is 59.7 Å². The molecular formula is C24H41IN4O2. The van der Waals surface area contributed by atoms with Crippen LogP contribution in [0.4, 0.5) is 0 Å². The number of ether oxygens (including phenoxy) is 2. The van der Waals surface area contributed by atoms with Gasteiger partial charge in [-0.2, -0.15) is 0 Å². The van der Waals surface area contributed by atoms with E-state index in [4.69, 9.17) is 14.5 Å². The molecule has 1 saturated heterocycles. The van der Waals surface area contributed by atoms with Crippen LogP contribution in [0, 0.1) is 12.3 Å². The maximum Gasteiger partial charge on any atom is 0.191 e. The lowest BCUT2D eigenvalue weighted by Gasteiger charge is -2.41. The van der Waals surface area contributed by atoms with Gasteiger partial charge in [-0.15, -0.1) is 24.0 Å². The van der Waals surface area contributed by atoms with Gasteiger partial charge in [0.05, 0.1) is 19.3 Å². The van der Waals surface area contributed by atoms with E-state index in [1.54, 1.807) is 7.11 Å². The highest BCUT2D eigenvalue weighted by atomic mass is 127. The third kappa shape index (κ3) is 7.87. The number of benzene rings is 1. The van der Waals surface area contributed by atoms with Crippen molar-refractivity contribution in [1.82, 2.24) is 15.5 Å². The summed E-state index contributed by atoms with van der Waals surface area (Å²) in [5, 5.41) is 7.08. The first-order chi connectivity index (χ1) is 14.7. The Morgan fingerprint density at radius 1 is 1.26 bits per heavy atom. The molecule has 0 aromatic heterocycles. The van der Waals surface area contributed by atoms with Crippen molar-refractivity contribution in [3.05, 3.63) is 35.4 Å². The van der Waals surface area contributed by atoms with Crippen molar-refractivity contribution in [2.45, 2.75) is 45.6 Å². The van der Waals surface area contributed by atoms with Crippen LogP contribution >= 0.6 is 24.0 Å². The van der Waals surface area contributed by atoms with Gasteiger partial charge in [0.15, 0.2) is 5.96 Å². The van der Waals surface area contributed by atoms with E-state index >= 15 is 0 Å². The molecule has 2 N–H and O–H groups in total. The van der Waals surface area contributed by atoms with Crippen LogP contribution < -0.4 is 10.6 Å². The third-order valence-corrected chi connectivity index (χ3v) is 6.54. The van der Waals surface area contributed by atoms with Crippen molar-refractivity contribution >= 4 is 29.9 Å². The van der Waals surface area contributed by atoms with E-state index in [2.05, 4.69) is 53.6 Å². The van der Waals surface area contributed by atoms with E-state index in [1.165, 1.54) is 30.4 Å². The molecule has 2 aliphatic rings. The molecule has 1 heterocycles. The second kappa shape index (κ2) is 13.6. The van der Waals surface area contributed by atoms with Crippen LogP contribution in [-0.2, 0) is 9.47 Å². The van der Waals surface area contributed by atoms with Crippen LogP contribution in [-0.4, -0.2) is 70.5 Å². The lowest BCUT2D eigenvalue weighted by molar-refractivity contribution is 0.0169. The molecule has 3 rings (SSSR count). The molecule has 0 bridgehead atoms. The Bertz CT molecular complexity index is 675. The minimum atomic E-state index is 0. The molecule has 2 fully saturated rings. The highest BCUT2D eigenvalue weighted by Gasteiger charge is 2.36. The molecule has 1 unspecified atom stereocenters. The number of nitrogens with one attached hydrogen (secondary N) is 2. The first-order valence-corrected chi connectivity index (χ1v) is 11.6. The summed E-state index contributed by atoms with van der Waals surface area (Å²) in [6.07, 6.45) is 4.94. The average Bonchev–Trinajstić information content (AvgIpc) is 2.73. The number of hydrogen-bond acceptors (Lipinski definition) is 4. The highest BCUT2D eigenvalue weighted by Crippen LogP contribution is 2.44. The molecule has 6 nitrogen and oxygen atoms in total. The fraction of sp³-hybridized carbons (Fsp3) is 0.708. The maximum absolute atomic E-state index is 5.59. The number of morpholine rings is 1. The molecule has 1 saturated carbocycles. The summed E-state index contributed by atoms with van der Waals surface area (Å²) in [5.74, 6) is 0.923. The zero-order valence-electron chi connectivity index (χ0n) is 19.5. The second-order valence-electron chi connectivity index (χ2n) is 8.75. The van der Waals surface area contributed by atoms with E-state index in [0.29, 0.717) is 11.5 Å². The monoisotopic (exact) mass is 544 g/mol. The van der Waals surface area contributed by atoms with Gasteiger partial charge in [0.1, 0.15) is 0 Å². The summed E-state index contributed by atoms with van der Waals surface area (Å²) in [6.45, 7) is 11.2.